The Hall–Kier alpha value is -0.590. The summed E-state index contributed by atoms with van der Waals surface area (Å²) in [5.74, 6) is 1.38. The average molecular weight is 466 g/mol. The molecular weight excluding hydrogens is 454 g/mol. The first-order chi connectivity index (χ1) is 9.63. The number of pyridine rings is 1. The van der Waals surface area contributed by atoms with Crippen molar-refractivity contribution in [3.63, 3.8) is 0 Å². The summed E-state index contributed by atoms with van der Waals surface area (Å²) in [5.41, 5.74) is 1.97. The van der Waals surface area contributed by atoms with Crippen LogP contribution in [0.5, 0.6) is 11.5 Å². The molecule has 0 amide bonds. The number of benzene rings is 1. The molecule has 1 aromatic heterocycles. The molecular formula is C14H12Br3NO2. The highest BCUT2D eigenvalue weighted by Crippen LogP contribution is 2.37. The fourth-order valence-corrected chi connectivity index (χ4v) is 2.79. The van der Waals surface area contributed by atoms with Crippen LogP contribution in [0.2, 0.25) is 0 Å². The molecule has 0 aliphatic heterocycles. The van der Waals surface area contributed by atoms with Gasteiger partial charge in [-0.1, -0.05) is 15.9 Å². The van der Waals surface area contributed by atoms with E-state index in [-0.39, 0.29) is 0 Å². The Balaban J connectivity index is 2.18. The van der Waals surface area contributed by atoms with Crippen LogP contribution < -0.4 is 9.47 Å². The van der Waals surface area contributed by atoms with Crippen LogP contribution in [-0.4, -0.2) is 12.1 Å². The lowest BCUT2D eigenvalue weighted by atomic mass is 10.2. The second-order valence-electron chi connectivity index (χ2n) is 4.00. The Bertz CT molecular complexity index is 588. The number of nitrogens with zero attached hydrogens (tertiary/aromatic N) is 1. The molecule has 0 aliphatic carbocycles. The first kappa shape index (κ1) is 15.8. The number of ether oxygens (including phenoxy) is 2. The largest absolute Gasteiger partial charge is 0.493 e. The average Bonchev–Trinajstić information content (AvgIpc) is 2.47. The van der Waals surface area contributed by atoms with Gasteiger partial charge in [-0.3, -0.25) is 4.98 Å². The van der Waals surface area contributed by atoms with Gasteiger partial charge < -0.3 is 9.47 Å². The molecule has 2 aromatic rings. The molecule has 1 heterocycles. The zero-order valence-electron chi connectivity index (χ0n) is 10.7. The molecule has 1 aromatic carbocycles. The minimum absolute atomic E-state index is 0.385. The summed E-state index contributed by atoms with van der Waals surface area (Å²) < 4.78 is 13.0. The summed E-state index contributed by atoms with van der Waals surface area (Å²) in [4.78, 5) is 4.28. The van der Waals surface area contributed by atoms with Crippen molar-refractivity contribution >= 4 is 47.8 Å². The third-order valence-electron chi connectivity index (χ3n) is 2.60. The van der Waals surface area contributed by atoms with E-state index in [0.29, 0.717) is 18.1 Å². The van der Waals surface area contributed by atoms with Gasteiger partial charge in [0.05, 0.1) is 17.3 Å². The molecule has 106 valence electrons. The van der Waals surface area contributed by atoms with E-state index in [1.807, 2.05) is 24.3 Å². The molecule has 6 heteroatoms. The van der Waals surface area contributed by atoms with Gasteiger partial charge in [0, 0.05) is 16.0 Å². The van der Waals surface area contributed by atoms with Crippen LogP contribution in [0.25, 0.3) is 0 Å². The Morgan fingerprint density at radius 2 is 2.00 bits per heavy atom. The minimum Gasteiger partial charge on any atom is -0.493 e. The fourth-order valence-electron chi connectivity index (χ4n) is 1.63. The van der Waals surface area contributed by atoms with Crippen molar-refractivity contribution in [3.05, 3.63) is 50.7 Å². The van der Waals surface area contributed by atoms with Crippen LogP contribution in [0, 0.1) is 0 Å². The van der Waals surface area contributed by atoms with Crippen molar-refractivity contribution in [1.82, 2.24) is 4.98 Å². The molecule has 2 rings (SSSR count). The second kappa shape index (κ2) is 7.43. The summed E-state index contributed by atoms with van der Waals surface area (Å²) in [5, 5.41) is 0.760. The molecule has 0 saturated carbocycles. The first-order valence-electron chi connectivity index (χ1n) is 5.79. The second-order valence-corrected chi connectivity index (χ2v) is 6.33. The van der Waals surface area contributed by atoms with Crippen LogP contribution in [-0.2, 0) is 11.9 Å². The zero-order chi connectivity index (χ0) is 14.5. The lowest BCUT2D eigenvalue weighted by Crippen LogP contribution is -2.01. The molecule has 0 N–H and O–H groups in total. The monoisotopic (exact) mass is 463 g/mol. The van der Waals surface area contributed by atoms with Crippen molar-refractivity contribution in [2.45, 2.75) is 11.9 Å². The Morgan fingerprint density at radius 1 is 1.20 bits per heavy atom. The van der Waals surface area contributed by atoms with Crippen molar-refractivity contribution in [2.24, 2.45) is 0 Å². The number of hydrogen-bond acceptors (Lipinski definition) is 3. The maximum Gasteiger partial charge on any atom is 0.175 e. The molecule has 0 bridgehead atoms. The van der Waals surface area contributed by atoms with Gasteiger partial charge in [0.2, 0.25) is 0 Å². The molecule has 20 heavy (non-hydrogen) atoms. The van der Waals surface area contributed by atoms with Gasteiger partial charge in [0.25, 0.3) is 0 Å². The number of hydrogen-bond donors (Lipinski definition) is 0. The van der Waals surface area contributed by atoms with E-state index in [9.17, 15) is 0 Å². The predicted molar refractivity (Wildman–Crippen MR) is 89.6 cm³/mol. The maximum atomic E-state index is 5.82. The van der Waals surface area contributed by atoms with Crippen molar-refractivity contribution in [3.8, 4) is 11.5 Å². The number of halogens is 3. The summed E-state index contributed by atoms with van der Waals surface area (Å²) in [7, 11) is 1.63. The maximum absolute atomic E-state index is 5.82. The smallest absolute Gasteiger partial charge is 0.175 e. The minimum atomic E-state index is 0.385. The van der Waals surface area contributed by atoms with E-state index < -0.39 is 0 Å². The topological polar surface area (TPSA) is 31.4 Å². The van der Waals surface area contributed by atoms with E-state index >= 15 is 0 Å². The van der Waals surface area contributed by atoms with Gasteiger partial charge in [-0.25, -0.2) is 0 Å². The fraction of sp³-hybridized carbons (Fsp3) is 0.214. The summed E-state index contributed by atoms with van der Waals surface area (Å²) in [6.45, 7) is 0.385. The van der Waals surface area contributed by atoms with E-state index in [1.165, 1.54) is 0 Å². The van der Waals surface area contributed by atoms with Crippen molar-refractivity contribution in [2.75, 3.05) is 7.11 Å². The van der Waals surface area contributed by atoms with Crippen LogP contribution in [0.3, 0.4) is 0 Å². The highest BCUT2D eigenvalue weighted by atomic mass is 79.9. The Morgan fingerprint density at radius 3 is 2.60 bits per heavy atom. The van der Waals surface area contributed by atoms with Crippen LogP contribution in [0.4, 0.5) is 0 Å². The lowest BCUT2D eigenvalue weighted by Gasteiger charge is -2.13. The van der Waals surface area contributed by atoms with E-state index in [4.69, 9.17) is 9.47 Å². The number of rotatable bonds is 5. The Kier molecular flexibility index (Phi) is 5.86. The molecule has 3 nitrogen and oxygen atoms in total. The number of alkyl halides is 1. The van der Waals surface area contributed by atoms with Crippen molar-refractivity contribution in [1.29, 1.82) is 0 Å². The van der Waals surface area contributed by atoms with E-state index in [2.05, 4.69) is 52.8 Å². The summed E-state index contributed by atoms with van der Waals surface area (Å²) in [6.07, 6.45) is 1.75. The van der Waals surface area contributed by atoms with Gasteiger partial charge in [0.1, 0.15) is 6.61 Å². The number of methoxy groups -OCH3 is 1. The van der Waals surface area contributed by atoms with Crippen molar-refractivity contribution < 1.29 is 9.47 Å². The predicted octanol–water partition coefficient (Wildman–Crippen LogP) is 5.09. The van der Waals surface area contributed by atoms with Crippen LogP contribution >= 0.6 is 47.8 Å². The molecule has 0 saturated heterocycles. The summed E-state index contributed by atoms with van der Waals surface area (Å²) >= 11 is 10.3. The van der Waals surface area contributed by atoms with Gasteiger partial charge in [-0.15, -0.1) is 0 Å². The Labute approximate surface area is 143 Å². The lowest BCUT2D eigenvalue weighted by molar-refractivity contribution is 0.278. The first-order valence-corrected chi connectivity index (χ1v) is 8.50. The molecule has 0 fully saturated rings. The molecule has 0 unspecified atom stereocenters. The van der Waals surface area contributed by atoms with Crippen LogP contribution in [0.15, 0.2) is 39.4 Å². The van der Waals surface area contributed by atoms with Gasteiger partial charge in [-0.05, 0) is 61.7 Å². The highest BCUT2D eigenvalue weighted by Gasteiger charge is 2.11. The van der Waals surface area contributed by atoms with Gasteiger partial charge in [-0.2, -0.15) is 0 Å². The highest BCUT2D eigenvalue weighted by molar-refractivity contribution is 9.11. The SMILES string of the molecule is COc1cc(CBr)cc(Br)c1OCc1ccc(Br)cn1. The third kappa shape index (κ3) is 3.96. The molecule has 0 spiro atoms. The summed E-state index contributed by atoms with van der Waals surface area (Å²) in [6, 6.07) is 7.80. The quantitative estimate of drug-likeness (QED) is 0.576. The van der Waals surface area contributed by atoms with E-state index in [0.717, 1.165) is 25.5 Å². The zero-order valence-corrected chi connectivity index (χ0v) is 15.5. The third-order valence-corrected chi connectivity index (χ3v) is 4.30. The molecule has 0 aliphatic rings. The number of aromatic nitrogens is 1. The van der Waals surface area contributed by atoms with Crippen LogP contribution in [0.1, 0.15) is 11.3 Å². The normalized spacial score (nSPS) is 10.4. The molecule has 0 radical (unpaired) electrons. The molecule has 0 atom stereocenters. The van der Waals surface area contributed by atoms with E-state index in [1.54, 1.807) is 13.3 Å². The van der Waals surface area contributed by atoms with Gasteiger partial charge >= 0.3 is 0 Å². The standard InChI is InChI=1S/C14H12Br3NO2/c1-19-13-5-9(6-15)4-12(17)14(13)20-8-11-3-2-10(16)7-18-11/h2-5,7H,6,8H2,1H3. The van der Waals surface area contributed by atoms with Gasteiger partial charge in [0.15, 0.2) is 11.5 Å².